The van der Waals surface area contributed by atoms with E-state index in [2.05, 4.69) is 38.6 Å². The van der Waals surface area contributed by atoms with Gasteiger partial charge in [-0.1, -0.05) is 0 Å². The Morgan fingerprint density at radius 3 is 3.05 bits per heavy atom. The van der Waals surface area contributed by atoms with Crippen LogP contribution in [0.4, 0.5) is 5.69 Å². The van der Waals surface area contributed by atoms with Gasteiger partial charge < -0.3 is 10.6 Å². The molecule has 2 aromatic heterocycles. The van der Waals surface area contributed by atoms with Crippen LogP contribution in [0.15, 0.2) is 28.3 Å². The highest BCUT2D eigenvalue weighted by Crippen LogP contribution is 2.30. The molecule has 0 saturated carbocycles. The van der Waals surface area contributed by atoms with E-state index in [1.54, 1.807) is 29.3 Å². The number of carbonyl (C=O) groups excluding carboxylic acids is 1. The molecule has 19 heavy (non-hydrogen) atoms. The summed E-state index contributed by atoms with van der Waals surface area (Å²) in [7, 11) is 1.61. The van der Waals surface area contributed by atoms with E-state index in [9.17, 15) is 4.79 Å². The second kappa shape index (κ2) is 6.21. The maximum absolute atomic E-state index is 11.2. The van der Waals surface area contributed by atoms with Crippen LogP contribution in [0.3, 0.4) is 0 Å². The summed E-state index contributed by atoms with van der Waals surface area (Å²) in [5.74, 6) is -0.0660. The highest BCUT2D eigenvalue weighted by molar-refractivity contribution is 9.10. The van der Waals surface area contributed by atoms with Crippen LogP contribution in [-0.2, 0) is 11.3 Å². The van der Waals surface area contributed by atoms with Crippen molar-refractivity contribution in [2.45, 2.75) is 19.5 Å². The van der Waals surface area contributed by atoms with E-state index >= 15 is 0 Å². The number of nitrogens with one attached hydrogen (secondary N) is 2. The quantitative estimate of drug-likeness (QED) is 0.877. The lowest BCUT2D eigenvalue weighted by molar-refractivity contribution is -0.121. The molecule has 0 aromatic carbocycles. The van der Waals surface area contributed by atoms with Crippen molar-refractivity contribution in [2.75, 3.05) is 12.4 Å². The summed E-state index contributed by atoms with van der Waals surface area (Å²) in [5, 5.41) is 12.1. The zero-order valence-electron chi connectivity index (χ0n) is 10.7. The van der Waals surface area contributed by atoms with Gasteiger partial charge in [-0.25, -0.2) is 0 Å². The number of halogens is 1. The van der Waals surface area contributed by atoms with Gasteiger partial charge in [0, 0.05) is 22.6 Å². The Labute approximate surface area is 124 Å². The summed E-state index contributed by atoms with van der Waals surface area (Å²) in [5.41, 5.74) is 0.900. The first kappa shape index (κ1) is 14.1. The largest absolute Gasteiger partial charge is 0.375 e. The molecule has 2 N–H and O–H groups in total. The Bertz CT molecular complexity index is 566. The molecule has 0 aliphatic carbocycles. The van der Waals surface area contributed by atoms with Gasteiger partial charge in [-0.05, 0) is 34.3 Å². The average molecular weight is 343 g/mol. The summed E-state index contributed by atoms with van der Waals surface area (Å²) in [6, 6.07) is 2.22. The fourth-order valence-electron chi connectivity index (χ4n) is 1.68. The second-order valence-electron chi connectivity index (χ2n) is 4.10. The van der Waals surface area contributed by atoms with Crippen molar-refractivity contribution in [2.24, 2.45) is 0 Å². The van der Waals surface area contributed by atoms with E-state index in [1.807, 2.05) is 17.6 Å². The van der Waals surface area contributed by atoms with Crippen LogP contribution < -0.4 is 10.6 Å². The first-order valence-corrected chi connectivity index (χ1v) is 7.50. The Kier molecular flexibility index (Phi) is 4.60. The smallest absolute Gasteiger partial charge is 0.241 e. The summed E-state index contributed by atoms with van der Waals surface area (Å²) < 4.78 is 2.72. The maximum atomic E-state index is 11.2. The number of thiophene rings is 1. The number of amides is 1. The van der Waals surface area contributed by atoms with E-state index in [0.29, 0.717) is 0 Å². The van der Waals surface area contributed by atoms with Gasteiger partial charge in [0.2, 0.25) is 5.91 Å². The van der Waals surface area contributed by atoms with Gasteiger partial charge in [0.05, 0.1) is 17.9 Å². The molecule has 2 heterocycles. The topological polar surface area (TPSA) is 59.0 Å². The monoisotopic (exact) mass is 342 g/mol. The third-order valence-electron chi connectivity index (χ3n) is 2.64. The van der Waals surface area contributed by atoms with Gasteiger partial charge in [0.15, 0.2) is 0 Å². The van der Waals surface area contributed by atoms with Crippen LogP contribution in [0.5, 0.6) is 0 Å². The minimum atomic E-state index is -0.0660. The van der Waals surface area contributed by atoms with Crippen molar-refractivity contribution in [3.63, 3.8) is 0 Å². The van der Waals surface area contributed by atoms with E-state index in [4.69, 9.17) is 0 Å². The summed E-state index contributed by atoms with van der Waals surface area (Å²) in [6.07, 6.45) is 3.55. The van der Waals surface area contributed by atoms with Gasteiger partial charge >= 0.3 is 0 Å². The zero-order chi connectivity index (χ0) is 13.8. The SMILES string of the molecule is CNC(=O)Cn1cc(NC(C)c2sccc2Br)cn1. The molecule has 1 amide bonds. The lowest BCUT2D eigenvalue weighted by atomic mass is 10.2. The summed E-state index contributed by atoms with van der Waals surface area (Å²) >= 11 is 5.22. The van der Waals surface area contributed by atoms with Gasteiger partial charge in [-0.2, -0.15) is 5.10 Å². The molecule has 2 rings (SSSR count). The van der Waals surface area contributed by atoms with Crippen molar-refractivity contribution in [1.82, 2.24) is 15.1 Å². The Morgan fingerprint density at radius 2 is 2.42 bits per heavy atom. The van der Waals surface area contributed by atoms with Crippen LogP contribution in [0.1, 0.15) is 17.8 Å². The standard InChI is InChI=1S/C12H15BrN4OS/c1-8(12-10(13)3-4-19-12)16-9-5-15-17(6-9)7-11(18)14-2/h3-6,8,16H,7H2,1-2H3,(H,14,18). The molecule has 5 nitrogen and oxygen atoms in total. The molecule has 0 saturated heterocycles. The highest BCUT2D eigenvalue weighted by atomic mass is 79.9. The number of hydrogen-bond acceptors (Lipinski definition) is 4. The number of rotatable bonds is 5. The van der Waals surface area contributed by atoms with Crippen molar-refractivity contribution in [3.05, 3.63) is 33.2 Å². The molecule has 0 spiro atoms. The van der Waals surface area contributed by atoms with E-state index in [-0.39, 0.29) is 18.5 Å². The Morgan fingerprint density at radius 1 is 1.63 bits per heavy atom. The fourth-order valence-corrected chi connectivity index (χ4v) is 3.41. The van der Waals surface area contributed by atoms with Gasteiger partial charge in [0.1, 0.15) is 6.54 Å². The molecule has 0 fully saturated rings. The predicted molar refractivity (Wildman–Crippen MR) is 80.4 cm³/mol. The van der Waals surface area contributed by atoms with Gasteiger partial charge in [0.25, 0.3) is 0 Å². The average Bonchev–Trinajstić information content (AvgIpc) is 2.98. The van der Waals surface area contributed by atoms with Gasteiger partial charge in [-0.3, -0.25) is 9.48 Å². The maximum Gasteiger partial charge on any atom is 0.241 e. The Balaban J connectivity index is 2.00. The number of hydrogen-bond donors (Lipinski definition) is 2. The molecule has 102 valence electrons. The van der Waals surface area contributed by atoms with E-state index in [0.717, 1.165) is 10.2 Å². The normalized spacial score (nSPS) is 12.2. The number of anilines is 1. The van der Waals surface area contributed by atoms with Crippen molar-refractivity contribution in [1.29, 1.82) is 0 Å². The summed E-state index contributed by atoms with van der Waals surface area (Å²) in [6.45, 7) is 2.32. The van der Waals surface area contributed by atoms with Gasteiger partial charge in [-0.15, -0.1) is 11.3 Å². The van der Waals surface area contributed by atoms with Crippen LogP contribution in [0.2, 0.25) is 0 Å². The lowest BCUT2D eigenvalue weighted by Crippen LogP contribution is -2.23. The number of nitrogens with zero attached hydrogens (tertiary/aromatic N) is 2. The van der Waals surface area contributed by atoms with E-state index in [1.165, 1.54) is 4.88 Å². The zero-order valence-corrected chi connectivity index (χ0v) is 13.1. The molecule has 0 aliphatic heterocycles. The number of likely N-dealkylation sites (N-methyl/N-ethyl adjacent to an activating group) is 1. The third kappa shape index (κ3) is 3.57. The molecule has 2 aromatic rings. The van der Waals surface area contributed by atoms with E-state index < -0.39 is 0 Å². The number of aromatic nitrogens is 2. The third-order valence-corrected chi connectivity index (χ3v) is 4.69. The van der Waals surface area contributed by atoms with Crippen LogP contribution in [0.25, 0.3) is 0 Å². The minimum absolute atomic E-state index is 0.0660. The second-order valence-corrected chi connectivity index (χ2v) is 5.90. The summed E-state index contributed by atoms with van der Waals surface area (Å²) in [4.78, 5) is 12.5. The molecule has 0 aliphatic rings. The minimum Gasteiger partial charge on any atom is -0.375 e. The van der Waals surface area contributed by atoms with Crippen LogP contribution >= 0.6 is 27.3 Å². The lowest BCUT2D eigenvalue weighted by Gasteiger charge is -2.12. The molecule has 0 radical (unpaired) electrons. The van der Waals surface area contributed by atoms with Crippen molar-refractivity contribution < 1.29 is 4.79 Å². The first-order valence-electron chi connectivity index (χ1n) is 5.82. The first-order chi connectivity index (χ1) is 9.10. The molecule has 7 heteroatoms. The molecular weight excluding hydrogens is 328 g/mol. The van der Waals surface area contributed by atoms with Crippen molar-refractivity contribution in [3.8, 4) is 0 Å². The molecule has 1 unspecified atom stereocenters. The van der Waals surface area contributed by atoms with Crippen LogP contribution in [0, 0.1) is 0 Å². The van der Waals surface area contributed by atoms with Crippen molar-refractivity contribution >= 4 is 38.9 Å². The molecule has 0 bridgehead atoms. The molecule has 1 atom stereocenters. The molecular formula is C12H15BrN4OS. The highest BCUT2D eigenvalue weighted by Gasteiger charge is 2.11. The van der Waals surface area contributed by atoms with Crippen LogP contribution in [-0.4, -0.2) is 22.7 Å². The number of carbonyl (C=O) groups is 1. The predicted octanol–water partition coefficient (Wildman–Crippen LogP) is 2.63. The Hall–Kier alpha value is -1.34. The fraction of sp³-hybridized carbons (Fsp3) is 0.333.